The van der Waals surface area contributed by atoms with E-state index in [0.29, 0.717) is 6.42 Å². The first-order valence-electron chi connectivity index (χ1n) is 6.97. The molecule has 0 aliphatic carbocycles. The minimum absolute atomic E-state index is 0.130. The Kier molecular flexibility index (Phi) is 6.14. The molecule has 6 heteroatoms. The zero-order chi connectivity index (χ0) is 16.0. The molecule has 0 aromatic heterocycles. The van der Waals surface area contributed by atoms with Crippen LogP contribution in [0.2, 0.25) is 0 Å². The molecule has 1 aromatic carbocycles. The van der Waals surface area contributed by atoms with Gasteiger partial charge >= 0.3 is 12.0 Å². The molecule has 0 aliphatic heterocycles. The average molecular weight is 296 g/mol. The molecule has 0 saturated heterocycles. The number of benzene rings is 1. The number of para-hydroxylation sites is 1. The first-order chi connectivity index (χ1) is 9.92. The van der Waals surface area contributed by atoms with Crippen molar-refractivity contribution in [1.82, 2.24) is 5.32 Å². The third-order valence-corrected chi connectivity index (χ3v) is 3.46. The van der Waals surface area contributed by atoms with Gasteiger partial charge in [-0.3, -0.25) is 4.90 Å². The number of hydrogen-bond acceptors (Lipinski definition) is 2. The largest absolute Gasteiger partial charge is 0.480 e. The van der Waals surface area contributed by atoms with E-state index in [9.17, 15) is 19.1 Å². The van der Waals surface area contributed by atoms with Crippen LogP contribution < -0.4 is 10.2 Å². The van der Waals surface area contributed by atoms with Crippen LogP contribution in [0.3, 0.4) is 0 Å². The summed E-state index contributed by atoms with van der Waals surface area (Å²) in [6.07, 6.45) is 0.614. The lowest BCUT2D eigenvalue weighted by molar-refractivity contribution is -0.140. The molecular weight excluding hydrogens is 275 g/mol. The van der Waals surface area contributed by atoms with Gasteiger partial charge < -0.3 is 10.4 Å². The molecule has 0 heterocycles. The number of nitrogens with one attached hydrogen (secondary N) is 1. The Labute approximate surface area is 123 Å². The molecule has 2 N–H and O–H groups in total. The minimum Gasteiger partial charge on any atom is -0.480 e. The van der Waals surface area contributed by atoms with Gasteiger partial charge in [-0.15, -0.1) is 0 Å². The number of anilines is 1. The second-order valence-corrected chi connectivity index (χ2v) is 4.85. The highest BCUT2D eigenvalue weighted by Crippen LogP contribution is 2.19. The number of rotatable bonds is 6. The summed E-state index contributed by atoms with van der Waals surface area (Å²) < 4.78 is 13.8. The van der Waals surface area contributed by atoms with Crippen LogP contribution in [-0.2, 0) is 4.79 Å². The molecule has 0 fully saturated rings. The number of nitrogens with zero attached hydrogens (tertiary/aromatic N) is 1. The van der Waals surface area contributed by atoms with E-state index >= 15 is 0 Å². The van der Waals surface area contributed by atoms with Crippen LogP contribution in [0.15, 0.2) is 24.3 Å². The normalized spacial score (nSPS) is 13.3. The number of hydrogen-bond donors (Lipinski definition) is 2. The van der Waals surface area contributed by atoms with Crippen LogP contribution in [0.5, 0.6) is 0 Å². The van der Waals surface area contributed by atoms with E-state index in [1.807, 2.05) is 6.92 Å². The molecule has 0 saturated carbocycles. The molecule has 5 nitrogen and oxygen atoms in total. The summed E-state index contributed by atoms with van der Waals surface area (Å²) in [5.41, 5.74) is 0.130. The van der Waals surface area contributed by atoms with Gasteiger partial charge in [0.1, 0.15) is 11.9 Å². The first kappa shape index (κ1) is 16.9. The Hall–Kier alpha value is -2.11. The molecule has 0 aliphatic rings. The van der Waals surface area contributed by atoms with Crippen molar-refractivity contribution in [2.24, 2.45) is 5.92 Å². The Morgan fingerprint density at radius 2 is 1.95 bits per heavy atom. The molecule has 0 radical (unpaired) electrons. The van der Waals surface area contributed by atoms with Gasteiger partial charge in [-0.05, 0) is 25.0 Å². The van der Waals surface area contributed by atoms with Gasteiger partial charge in [0.15, 0.2) is 0 Å². The molecule has 1 rings (SSSR count). The van der Waals surface area contributed by atoms with E-state index in [2.05, 4.69) is 5.32 Å². The van der Waals surface area contributed by atoms with Gasteiger partial charge in [-0.1, -0.05) is 32.4 Å². The van der Waals surface area contributed by atoms with Crippen LogP contribution >= 0.6 is 0 Å². The zero-order valence-corrected chi connectivity index (χ0v) is 12.5. The maximum absolute atomic E-state index is 13.8. The Morgan fingerprint density at radius 1 is 1.33 bits per heavy atom. The molecule has 0 spiro atoms. The molecule has 116 valence electrons. The number of carbonyl (C=O) groups is 2. The van der Waals surface area contributed by atoms with Crippen LogP contribution in [0.1, 0.15) is 27.2 Å². The molecule has 21 heavy (non-hydrogen) atoms. The van der Waals surface area contributed by atoms with Gasteiger partial charge in [0.2, 0.25) is 0 Å². The van der Waals surface area contributed by atoms with Gasteiger partial charge in [-0.2, -0.15) is 0 Å². The Bertz CT molecular complexity index is 507. The monoisotopic (exact) mass is 296 g/mol. The fourth-order valence-electron chi connectivity index (χ4n) is 1.99. The molecule has 0 bridgehead atoms. The number of carboxylic acid groups (broad SMARTS) is 1. The standard InChI is InChI=1S/C15H21FN2O3/c1-4-10(3)13(14(19)20)17-15(21)18(5-2)12-9-7-6-8-11(12)16/h6-10,13H,4-5H2,1-3H3,(H,17,21)(H,19,20)/t10?,13-/m0/s1. The number of amides is 2. The second-order valence-electron chi connectivity index (χ2n) is 4.85. The van der Waals surface area contributed by atoms with Gasteiger partial charge in [0, 0.05) is 6.54 Å². The van der Waals surface area contributed by atoms with Crippen molar-refractivity contribution in [2.45, 2.75) is 33.2 Å². The van der Waals surface area contributed by atoms with E-state index in [4.69, 9.17) is 0 Å². The zero-order valence-electron chi connectivity index (χ0n) is 12.5. The lowest BCUT2D eigenvalue weighted by Crippen LogP contribution is -2.50. The van der Waals surface area contributed by atoms with Crippen LogP contribution in [0.4, 0.5) is 14.9 Å². The molecular formula is C15H21FN2O3. The number of aliphatic carboxylic acids is 1. The number of carboxylic acids is 1. The summed E-state index contributed by atoms with van der Waals surface area (Å²) >= 11 is 0. The van der Waals surface area contributed by atoms with Crippen molar-refractivity contribution in [2.75, 3.05) is 11.4 Å². The lowest BCUT2D eigenvalue weighted by Gasteiger charge is -2.26. The van der Waals surface area contributed by atoms with E-state index in [1.165, 1.54) is 23.1 Å². The van der Waals surface area contributed by atoms with Crippen molar-refractivity contribution in [3.8, 4) is 0 Å². The number of halogens is 1. The molecule has 1 unspecified atom stereocenters. The molecule has 1 aromatic rings. The molecule has 2 atom stereocenters. The van der Waals surface area contributed by atoms with Crippen LogP contribution in [-0.4, -0.2) is 29.7 Å². The van der Waals surface area contributed by atoms with Crippen molar-refractivity contribution in [3.63, 3.8) is 0 Å². The smallest absolute Gasteiger partial charge is 0.326 e. The van der Waals surface area contributed by atoms with E-state index in [-0.39, 0.29) is 18.2 Å². The summed E-state index contributed by atoms with van der Waals surface area (Å²) in [6.45, 7) is 5.53. The minimum atomic E-state index is -1.10. The maximum Gasteiger partial charge on any atom is 0.326 e. The van der Waals surface area contributed by atoms with Gasteiger partial charge in [0.25, 0.3) is 0 Å². The van der Waals surface area contributed by atoms with Crippen LogP contribution in [0.25, 0.3) is 0 Å². The summed E-state index contributed by atoms with van der Waals surface area (Å²) in [6, 6.07) is 4.28. The highest BCUT2D eigenvalue weighted by atomic mass is 19.1. The topological polar surface area (TPSA) is 69.6 Å². The third-order valence-electron chi connectivity index (χ3n) is 3.46. The summed E-state index contributed by atoms with van der Waals surface area (Å²) in [7, 11) is 0. The summed E-state index contributed by atoms with van der Waals surface area (Å²) in [5.74, 6) is -1.84. The Morgan fingerprint density at radius 3 is 2.43 bits per heavy atom. The quantitative estimate of drug-likeness (QED) is 0.848. The number of urea groups is 1. The SMILES string of the molecule is CCC(C)[C@H](NC(=O)N(CC)c1ccccc1F)C(=O)O. The fourth-order valence-corrected chi connectivity index (χ4v) is 1.99. The first-order valence-corrected chi connectivity index (χ1v) is 6.97. The highest BCUT2D eigenvalue weighted by Gasteiger charge is 2.28. The third kappa shape index (κ3) is 4.18. The van der Waals surface area contributed by atoms with Crippen molar-refractivity contribution >= 4 is 17.7 Å². The van der Waals surface area contributed by atoms with E-state index in [0.717, 1.165) is 0 Å². The average Bonchev–Trinajstić information content (AvgIpc) is 2.46. The summed E-state index contributed by atoms with van der Waals surface area (Å²) in [4.78, 5) is 24.7. The van der Waals surface area contributed by atoms with Crippen molar-refractivity contribution in [1.29, 1.82) is 0 Å². The summed E-state index contributed by atoms with van der Waals surface area (Å²) in [5, 5.41) is 11.7. The van der Waals surface area contributed by atoms with Gasteiger partial charge in [-0.25, -0.2) is 14.0 Å². The van der Waals surface area contributed by atoms with Crippen molar-refractivity contribution < 1.29 is 19.1 Å². The maximum atomic E-state index is 13.8. The Balaban J connectivity index is 2.94. The lowest BCUT2D eigenvalue weighted by atomic mass is 9.99. The number of carbonyl (C=O) groups excluding carboxylic acids is 1. The second kappa shape index (κ2) is 7.61. The predicted octanol–water partition coefficient (Wildman–Crippen LogP) is 2.86. The van der Waals surface area contributed by atoms with E-state index in [1.54, 1.807) is 19.9 Å². The van der Waals surface area contributed by atoms with Crippen molar-refractivity contribution in [3.05, 3.63) is 30.1 Å². The van der Waals surface area contributed by atoms with Gasteiger partial charge in [0.05, 0.1) is 5.69 Å². The van der Waals surface area contributed by atoms with Crippen LogP contribution in [0, 0.1) is 11.7 Å². The highest BCUT2D eigenvalue weighted by molar-refractivity contribution is 5.94. The predicted molar refractivity (Wildman–Crippen MR) is 78.8 cm³/mol. The fraction of sp³-hybridized carbons (Fsp3) is 0.467. The van der Waals surface area contributed by atoms with E-state index < -0.39 is 23.9 Å². The molecule has 2 amide bonds.